The standard InChI is InChI=1S/C14H10Cl2N2/c15-11-3-1-10(2-4-11)7-13-9-18-8-12(16)5-6-14(18)17-13/h1-6,8-9H,7H2. The van der Waals surface area contributed by atoms with E-state index in [1.165, 1.54) is 5.56 Å². The maximum absolute atomic E-state index is 5.94. The molecule has 0 fully saturated rings. The number of nitrogens with zero attached hydrogens (tertiary/aromatic N) is 2. The van der Waals surface area contributed by atoms with Crippen LogP contribution in [-0.4, -0.2) is 9.38 Å². The number of rotatable bonds is 2. The van der Waals surface area contributed by atoms with Crippen molar-refractivity contribution in [3.05, 3.63) is 70.1 Å². The second-order valence-electron chi connectivity index (χ2n) is 4.15. The van der Waals surface area contributed by atoms with Crippen LogP contribution in [0.5, 0.6) is 0 Å². The Morgan fingerprint density at radius 1 is 0.889 bits per heavy atom. The zero-order valence-electron chi connectivity index (χ0n) is 9.48. The van der Waals surface area contributed by atoms with Crippen molar-refractivity contribution in [2.45, 2.75) is 6.42 Å². The second kappa shape index (κ2) is 4.63. The molecule has 3 aromatic rings. The lowest BCUT2D eigenvalue weighted by Crippen LogP contribution is -1.87. The molecule has 3 rings (SSSR count). The first-order valence-electron chi connectivity index (χ1n) is 5.58. The van der Waals surface area contributed by atoms with Crippen molar-refractivity contribution in [3.8, 4) is 0 Å². The number of halogens is 2. The molecule has 18 heavy (non-hydrogen) atoms. The third-order valence-electron chi connectivity index (χ3n) is 2.76. The summed E-state index contributed by atoms with van der Waals surface area (Å²) in [5.74, 6) is 0. The van der Waals surface area contributed by atoms with Crippen LogP contribution in [0.1, 0.15) is 11.3 Å². The van der Waals surface area contributed by atoms with E-state index in [9.17, 15) is 0 Å². The number of pyridine rings is 1. The largest absolute Gasteiger partial charge is 0.305 e. The molecule has 0 radical (unpaired) electrons. The van der Waals surface area contributed by atoms with Crippen LogP contribution in [0.3, 0.4) is 0 Å². The minimum absolute atomic E-state index is 0.706. The fraction of sp³-hybridized carbons (Fsp3) is 0.0714. The maximum Gasteiger partial charge on any atom is 0.137 e. The minimum Gasteiger partial charge on any atom is -0.305 e. The molecule has 2 heterocycles. The molecule has 0 amide bonds. The zero-order chi connectivity index (χ0) is 12.5. The molecule has 0 aliphatic heterocycles. The first kappa shape index (κ1) is 11.6. The van der Waals surface area contributed by atoms with Crippen LogP contribution in [0, 0.1) is 0 Å². The van der Waals surface area contributed by atoms with Gasteiger partial charge in [0.15, 0.2) is 0 Å². The van der Waals surface area contributed by atoms with E-state index < -0.39 is 0 Å². The minimum atomic E-state index is 0.706. The fourth-order valence-corrected chi connectivity index (χ4v) is 2.21. The van der Waals surface area contributed by atoms with Gasteiger partial charge in [-0.3, -0.25) is 0 Å². The maximum atomic E-state index is 5.94. The summed E-state index contributed by atoms with van der Waals surface area (Å²) < 4.78 is 1.94. The van der Waals surface area contributed by atoms with Gasteiger partial charge in [-0.25, -0.2) is 4.98 Å². The normalized spacial score (nSPS) is 11.0. The van der Waals surface area contributed by atoms with Crippen molar-refractivity contribution in [2.75, 3.05) is 0 Å². The van der Waals surface area contributed by atoms with Gasteiger partial charge in [-0.05, 0) is 29.8 Å². The van der Waals surface area contributed by atoms with Crippen molar-refractivity contribution in [2.24, 2.45) is 0 Å². The van der Waals surface area contributed by atoms with E-state index in [0.717, 1.165) is 22.8 Å². The number of benzene rings is 1. The lowest BCUT2D eigenvalue weighted by molar-refractivity contribution is 1.11. The average Bonchev–Trinajstić information content (AvgIpc) is 2.73. The Hall–Kier alpha value is -1.51. The van der Waals surface area contributed by atoms with Crippen LogP contribution in [0.15, 0.2) is 48.8 Å². The molecule has 0 saturated carbocycles. The van der Waals surface area contributed by atoms with Gasteiger partial charge < -0.3 is 4.40 Å². The number of fused-ring (bicyclic) bond motifs is 1. The monoisotopic (exact) mass is 276 g/mol. The van der Waals surface area contributed by atoms with E-state index in [2.05, 4.69) is 4.98 Å². The molecule has 0 saturated heterocycles. The summed E-state index contributed by atoms with van der Waals surface area (Å²) in [7, 11) is 0. The highest BCUT2D eigenvalue weighted by Crippen LogP contribution is 2.15. The highest BCUT2D eigenvalue weighted by atomic mass is 35.5. The number of imidazole rings is 1. The number of hydrogen-bond donors (Lipinski definition) is 0. The molecule has 0 aliphatic carbocycles. The van der Waals surface area contributed by atoms with Gasteiger partial charge in [0, 0.05) is 23.8 Å². The van der Waals surface area contributed by atoms with Gasteiger partial charge in [-0.2, -0.15) is 0 Å². The molecule has 0 aliphatic rings. The summed E-state index contributed by atoms with van der Waals surface area (Å²) in [4.78, 5) is 4.54. The van der Waals surface area contributed by atoms with Crippen LogP contribution in [0.4, 0.5) is 0 Å². The second-order valence-corrected chi connectivity index (χ2v) is 5.02. The molecule has 0 N–H and O–H groups in total. The zero-order valence-corrected chi connectivity index (χ0v) is 11.0. The van der Waals surface area contributed by atoms with Crippen LogP contribution < -0.4 is 0 Å². The quantitative estimate of drug-likeness (QED) is 0.685. The molecule has 0 unspecified atom stereocenters. The summed E-state index contributed by atoms with van der Waals surface area (Å²) >= 11 is 11.8. The topological polar surface area (TPSA) is 17.3 Å². The van der Waals surface area contributed by atoms with E-state index >= 15 is 0 Å². The Balaban J connectivity index is 1.92. The van der Waals surface area contributed by atoms with Crippen molar-refractivity contribution < 1.29 is 0 Å². The molecular weight excluding hydrogens is 267 g/mol. The Bertz CT molecular complexity index is 687. The number of hydrogen-bond acceptors (Lipinski definition) is 1. The Kier molecular flexibility index (Phi) is 2.98. The van der Waals surface area contributed by atoms with E-state index in [1.54, 1.807) is 0 Å². The molecule has 1 aromatic carbocycles. The highest BCUT2D eigenvalue weighted by Gasteiger charge is 2.03. The van der Waals surface area contributed by atoms with Gasteiger partial charge in [0.25, 0.3) is 0 Å². The van der Waals surface area contributed by atoms with Crippen molar-refractivity contribution in [1.29, 1.82) is 0 Å². The highest BCUT2D eigenvalue weighted by molar-refractivity contribution is 6.30. The molecule has 0 spiro atoms. The third kappa shape index (κ3) is 2.35. The summed E-state index contributed by atoms with van der Waals surface area (Å²) in [6, 6.07) is 11.6. The summed E-state index contributed by atoms with van der Waals surface area (Å²) in [5.41, 5.74) is 3.11. The van der Waals surface area contributed by atoms with E-state index in [4.69, 9.17) is 23.2 Å². The van der Waals surface area contributed by atoms with E-state index in [-0.39, 0.29) is 0 Å². The lowest BCUT2D eigenvalue weighted by atomic mass is 10.1. The van der Waals surface area contributed by atoms with Gasteiger partial charge in [0.2, 0.25) is 0 Å². The number of aromatic nitrogens is 2. The summed E-state index contributed by atoms with van der Waals surface area (Å²) in [5, 5.41) is 1.46. The Morgan fingerprint density at radius 3 is 2.39 bits per heavy atom. The van der Waals surface area contributed by atoms with Gasteiger partial charge in [0.05, 0.1) is 10.7 Å². The van der Waals surface area contributed by atoms with Gasteiger partial charge in [0.1, 0.15) is 5.65 Å². The summed E-state index contributed by atoms with van der Waals surface area (Å²) in [6.07, 6.45) is 4.64. The van der Waals surface area contributed by atoms with Crippen molar-refractivity contribution in [1.82, 2.24) is 9.38 Å². The predicted octanol–water partition coefficient (Wildman–Crippen LogP) is 4.23. The van der Waals surface area contributed by atoms with Crippen LogP contribution in [0.25, 0.3) is 5.65 Å². The van der Waals surface area contributed by atoms with Crippen LogP contribution in [-0.2, 0) is 6.42 Å². The first-order valence-corrected chi connectivity index (χ1v) is 6.34. The van der Waals surface area contributed by atoms with Crippen LogP contribution >= 0.6 is 23.2 Å². The molecule has 2 nitrogen and oxygen atoms in total. The van der Waals surface area contributed by atoms with Gasteiger partial charge in [-0.1, -0.05) is 35.3 Å². The van der Waals surface area contributed by atoms with Gasteiger partial charge >= 0.3 is 0 Å². The van der Waals surface area contributed by atoms with E-state index in [1.807, 2.05) is 53.2 Å². The van der Waals surface area contributed by atoms with Crippen LogP contribution in [0.2, 0.25) is 10.0 Å². The van der Waals surface area contributed by atoms with Gasteiger partial charge in [-0.15, -0.1) is 0 Å². The first-order chi connectivity index (χ1) is 8.70. The Morgan fingerprint density at radius 2 is 1.61 bits per heavy atom. The molecule has 0 bridgehead atoms. The van der Waals surface area contributed by atoms with Crippen molar-refractivity contribution in [3.63, 3.8) is 0 Å². The van der Waals surface area contributed by atoms with Crippen molar-refractivity contribution >= 4 is 28.8 Å². The molecule has 4 heteroatoms. The predicted molar refractivity (Wildman–Crippen MR) is 74.5 cm³/mol. The fourth-order valence-electron chi connectivity index (χ4n) is 1.91. The molecule has 90 valence electrons. The molecule has 0 atom stereocenters. The SMILES string of the molecule is Clc1ccc(Cc2cn3cc(Cl)ccc3n2)cc1. The third-order valence-corrected chi connectivity index (χ3v) is 3.24. The summed E-state index contributed by atoms with van der Waals surface area (Å²) in [6.45, 7) is 0. The Labute approximate surface area is 115 Å². The lowest BCUT2D eigenvalue weighted by Gasteiger charge is -1.97. The van der Waals surface area contributed by atoms with E-state index in [0.29, 0.717) is 5.02 Å². The molecular formula is C14H10Cl2N2. The smallest absolute Gasteiger partial charge is 0.137 e. The molecule has 2 aromatic heterocycles. The average molecular weight is 277 g/mol.